The highest BCUT2D eigenvalue weighted by Crippen LogP contribution is 2.09. The Kier molecular flexibility index (Phi) is 4.99. The average molecular weight is 267 g/mol. The van der Waals surface area contributed by atoms with Crippen molar-refractivity contribution in [3.63, 3.8) is 0 Å². The number of aromatic nitrogens is 3. The van der Waals surface area contributed by atoms with Crippen molar-refractivity contribution in [1.29, 1.82) is 0 Å². The summed E-state index contributed by atoms with van der Waals surface area (Å²) >= 11 is 0. The number of rotatable bonds is 6. The number of nitrogens with zero attached hydrogens (tertiary/aromatic N) is 5. The van der Waals surface area contributed by atoms with Crippen molar-refractivity contribution in [3.05, 3.63) is 5.82 Å². The zero-order valence-electron chi connectivity index (χ0n) is 11.8. The highest BCUT2D eigenvalue weighted by atomic mass is 16.1. The fourth-order valence-electron chi connectivity index (χ4n) is 1.50. The third kappa shape index (κ3) is 4.66. The van der Waals surface area contributed by atoms with Crippen LogP contribution in [0.15, 0.2) is 0 Å². The summed E-state index contributed by atoms with van der Waals surface area (Å²) in [6.45, 7) is 4.50. The van der Waals surface area contributed by atoms with Crippen molar-refractivity contribution in [1.82, 2.24) is 19.9 Å². The molecule has 19 heavy (non-hydrogen) atoms. The molecule has 0 aliphatic rings. The number of nitrogen functional groups attached to an aromatic ring is 1. The average Bonchev–Trinajstić information content (AvgIpc) is 2.26. The van der Waals surface area contributed by atoms with Gasteiger partial charge in [-0.3, -0.25) is 9.69 Å². The van der Waals surface area contributed by atoms with Crippen molar-refractivity contribution < 1.29 is 4.79 Å². The number of anilines is 2. The molecule has 0 radical (unpaired) electrons. The Morgan fingerprint density at radius 3 is 2.37 bits per heavy atom. The maximum atomic E-state index is 11.0. The normalized spacial score (nSPS) is 11.1. The molecule has 4 N–H and O–H groups in total. The molecule has 8 heteroatoms. The van der Waals surface area contributed by atoms with Crippen LogP contribution in [0.1, 0.15) is 19.7 Å². The molecule has 0 bridgehead atoms. The SMILES string of the molecule is CC(C)N(CC(N)=O)Cc1nc(N)nc(N(C)C)n1. The number of hydrogen-bond acceptors (Lipinski definition) is 7. The first-order valence-corrected chi connectivity index (χ1v) is 5.99. The number of nitrogens with two attached hydrogens (primary N) is 2. The van der Waals surface area contributed by atoms with Gasteiger partial charge in [0.15, 0.2) is 0 Å². The lowest BCUT2D eigenvalue weighted by atomic mass is 10.3. The van der Waals surface area contributed by atoms with Crippen LogP contribution < -0.4 is 16.4 Å². The standard InChI is InChI=1S/C11H21N7O/c1-7(2)18(5-8(12)19)6-9-14-10(13)16-11(15-9)17(3)4/h7H,5-6H2,1-4H3,(H2,12,19)(H2,13,14,15,16). The molecule has 1 heterocycles. The lowest BCUT2D eigenvalue weighted by Crippen LogP contribution is -2.38. The van der Waals surface area contributed by atoms with Gasteiger partial charge in [0.25, 0.3) is 0 Å². The van der Waals surface area contributed by atoms with E-state index < -0.39 is 0 Å². The molecule has 0 aliphatic heterocycles. The van der Waals surface area contributed by atoms with Gasteiger partial charge in [0, 0.05) is 20.1 Å². The molecule has 0 aliphatic carbocycles. The van der Waals surface area contributed by atoms with E-state index in [2.05, 4.69) is 15.0 Å². The summed E-state index contributed by atoms with van der Waals surface area (Å²) in [5.41, 5.74) is 10.9. The van der Waals surface area contributed by atoms with E-state index in [-0.39, 0.29) is 24.4 Å². The molecule has 0 spiro atoms. The summed E-state index contributed by atoms with van der Waals surface area (Å²) in [5.74, 6) is 0.788. The van der Waals surface area contributed by atoms with Gasteiger partial charge in [0.2, 0.25) is 17.8 Å². The predicted octanol–water partition coefficient (Wildman–Crippen LogP) is -0.784. The Morgan fingerprint density at radius 2 is 1.89 bits per heavy atom. The largest absolute Gasteiger partial charge is 0.369 e. The second kappa shape index (κ2) is 6.28. The fraction of sp³-hybridized carbons (Fsp3) is 0.636. The maximum absolute atomic E-state index is 11.0. The van der Waals surface area contributed by atoms with Crippen LogP contribution in [-0.4, -0.2) is 52.4 Å². The monoisotopic (exact) mass is 267 g/mol. The first-order valence-electron chi connectivity index (χ1n) is 5.99. The van der Waals surface area contributed by atoms with Gasteiger partial charge >= 0.3 is 0 Å². The summed E-state index contributed by atoms with van der Waals surface area (Å²) in [6.07, 6.45) is 0. The van der Waals surface area contributed by atoms with Crippen molar-refractivity contribution in [2.75, 3.05) is 31.3 Å². The molecule has 0 saturated heterocycles. The van der Waals surface area contributed by atoms with Crippen LogP contribution in [-0.2, 0) is 11.3 Å². The van der Waals surface area contributed by atoms with Gasteiger partial charge in [-0.25, -0.2) is 0 Å². The molecule has 1 aromatic rings. The lowest BCUT2D eigenvalue weighted by molar-refractivity contribution is -0.119. The Balaban J connectivity index is 2.92. The van der Waals surface area contributed by atoms with Gasteiger partial charge in [0.05, 0.1) is 13.1 Å². The van der Waals surface area contributed by atoms with Crippen LogP contribution in [0.3, 0.4) is 0 Å². The molecule has 106 valence electrons. The van der Waals surface area contributed by atoms with Gasteiger partial charge in [-0.1, -0.05) is 0 Å². The molecule has 0 saturated carbocycles. The van der Waals surface area contributed by atoms with E-state index >= 15 is 0 Å². The van der Waals surface area contributed by atoms with E-state index in [4.69, 9.17) is 11.5 Å². The predicted molar refractivity (Wildman–Crippen MR) is 73.3 cm³/mol. The minimum atomic E-state index is -0.386. The van der Waals surface area contributed by atoms with E-state index in [9.17, 15) is 4.79 Å². The number of carbonyl (C=O) groups excluding carboxylic acids is 1. The topological polar surface area (TPSA) is 114 Å². The number of carbonyl (C=O) groups is 1. The number of primary amides is 1. The number of amides is 1. The van der Waals surface area contributed by atoms with E-state index in [1.165, 1.54) is 0 Å². The summed E-state index contributed by atoms with van der Waals surface area (Å²) in [4.78, 5) is 27.0. The molecule has 1 aromatic heterocycles. The van der Waals surface area contributed by atoms with E-state index in [0.717, 1.165) is 0 Å². The van der Waals surface area contributed by atoms with Gasteiger partial charge in [0.1, 0.15) is 5.82 Å². The van der Waals surface area contributed by atoms with Crippen LogP contribution in [0, 0.1) is 0 Å². The zero-order chi connectivity index (χ0) is 14.6. The van der Waals surface area contributed by atoms with Crippen molar-refractivity contribution in [2.24, 2.45) is 5.73 Å². The smallest absolute Gasteiger partial charge is 0.231 e. The van der Waals surface area contributed by atoms with Crippen LogP contribution in [0.25, 0.3) is 0 Å². The van der Waals surface area contributed by atoms with Crippen molar-refractivity contribution in [2.45, 2.75) is 26.4 Å². The molecule has 8 nitrogen and oxygen atoms in total. The first-order chi connectivity index (χ1) is 8.79. The molecule has 1 amide bonds. The first kappa shape index (κ1) is 15.1. The third-order valence-corrected chi connectivity index (χ3v) is 2.52. The van der Waals surface area contributed by atoms with Crippen LogP contribution >= 0.6 is 0 Å². The van der Waals surface area contributed by atoms with E-state index in [1.54, 1.807) is 4.90 Å². The summed E-state index contributed by atoms with van der Waals surface area (Å²) in [6, 6.07) is 0.147. The van der Waals surface area contributed by atoms with Gasteiger partial charge in [-0.05, 0) is 13.8 Å². The zero-order valence-corrected chi connectivity index (χ0v) is 11.8. The lowest BCUT2D eigenvalue weighted by Gasteiger charge is -2.24. The van der Waals surface area contributed by atoms with Crippen LogP contribution in [0.4, 0.5) is 11.9 Å². The van der Waals surface area contributed by atoms with E-state index in [1.807, 2.05) is 32.8 Å². The molecule has 0 atom stereocenters. The maximum Gasteiger partial charge on any atom is 0.231 e. The van der Waals surface area contributed by atoms with Gasteiger partial charge in [-0.2, -0.15) is 15.0 Å². The van der Waals surface area contributed by atoms with Crippen LogP contribution in [0.2, 0.25) is 0 Å². The van der Waals surface area contributed by atoms with Crippen molar-refractivity contribution >= 4 is 17.8 Å². The highest BCUT2D eigenvalue weighted by molar-refractivity contribution is 5.75. The minimum absolute atomic E-state index is 0.147. The van der Waals surface area contributed by atoms with Gasteiger partial charge < -0.3 is 16.4 Å². The Bertz CT molecular complexity index is 447. The highest BCUT2D eigenvalue weighted by Gasteiger charge is 2.15. The van der Waals surface area contributed by atoms with Crippen molar-refractivity contribution in [3.8, 4) is 0 Å². The quantitative estimate of drug-likeness (QED) is 0.694. The number of hydrogen-bond donors (Lipinski definition) is 2. The Morgan fingerprint density at radius 1 is 1.26 bits per heavy atom. The summed E-state index contributed by atoms with van der Waals surface area (Å²) in [7, 11) is 3.64. The molecular formula is C11H21N7O. The third-order valence-electron chi connectivity index (χ3n) is 2.52. The molecule has 0 fully saturated rings. The van der Waals surface area contributed by atoms with Gasteiger partial charge in [-0.15, -0.1) is 0 Å². The van der Waals surface area contributed by atoms with Crippen LogP contribution in [0.5, 0.6) is 0 Å². The van der Waals surface area contributed by atoms with E-state index in [0.29, 0.717) is 18.3 Å². The Hall–Kier alpha value is -1.96. The molecule has 0 unspecified atom stereocenters. The second-order valence-electron chi connectivity index (χ2n) is 4.77. The Labute approximate surface area is 112 Å². The minimum Gasteiger partial charge on any atom is -0.369 e. The summed E-state index contributed by atoms with van der Waals surface area (Å²) < 4.78 is 0. The fourth-order valence-corrected chi connectivity index (χ4v) is 1.50. The molecular weight excluding hydrogens is 246 g/mol. The second-order valence-corrected chi connectivity index (χ2v) is 4.77. The molecule has 0 aromatic carbocycles. The summed E-state index contributed by atoms with van der Waals surface area (Å²) in [5, 5.41) is 0. The molecule has 1 rings (SSSR count).